The van der Waals surface area contributed by atoms with Crippen LogP contribution in [-0.4, -0.2) is 37.7 Å². The molecule has 0 bridgehead atoms. The van der Waals surface area contributed by atoms with E-state index in [-0.39, 0.29) is 0 Å². The van der Waals surface area contributed by atoms with Gasteiger partial charge in [-0.2, -0.15) is 0 Å². The highest BCUT2D eigenvalue weighted by molar-refractivity contribution is 5.20. The molecule has 114 valence electrons. The van der Waals surface area contributed by atoms with Crippen LogP contribution in [0.4, 0.5) is 0 Å². The molecule has 1 N–H and O–H groups in total. The standard InChI is InChI=1S/C16H28N2O2/c1-13(2)10-17-11-16-14(3)9-15(20-16)12-18-5-4-7-19-8-6-18/h9,13,17H,4-8,10-12H2,1-3H3. The molecule has 4 nitrogen and oxygen atoms in total. The molecule has 1 aliphatic heterocycles. The van der Waals surface area contributed by atoms with Gasteiger partial charge in [0.15, 0.2) is 0 Å². The van der Waals surface area contributed by atoms with E-state index < -0.39 is 0 Å². The van der Waals surface area contributed by atoms with Crippen LogP contribution >= 0.6 is 0 Å². The van der Waals surface area contributed by atoms with Crippen LogP contribution in [0.1, 0.15) is 37.4 Å². The van der Waals surface area contributed by atoms with E-state index in [1.807, 2.05) is 0 Å². The predicted octanol–water partition coefficient (Wildman–Crippen LogP) is 2.56. The fourth-order valence-corrected chi connectivity index (χ4v) is 2.49. The zero-order valence-corrected chi connectivity index (χ0v) is 13.1. The van der Waals surface area contributed by atoms with Crippen molar-refractivity contribution in [3.63, 3.8) is 0 Å². The third-order valence-corrected chi connectivity index (χ3v) is 3.60. The van der Waals surface area contributed by atoms with Gasteiger partial charge < -0.3 is 14.5 Å². The molecule has 1 aromatic rings. The molecule has 0 spiro atoms. The van der Waals surface area contributed by atoms with E-state index >= 15 is 0 Å². The minimum atomic E-state index is 0.668. The summed E-state index contributed by atoms with van der Waals surface area (Å²) in [7, 11) is 0. The fraction of sp³-hybridized carbons (Fsp3) is 0.750. The summed E-state index contributed by atoms with van der Waals surface area (Å²) >= 11 is 0. The largest absolute Gasteiger partial charge is 0.463 e. The normalized spacial score (nSPS) is 17.6. The average Bonchev–Trinajstić information content (AvgIpc) is 2.61. The molecule has 0 radical (unpaired) electrons. The summed E-state index contributed by atoms with van der Waals surface area (Å²) in [6, 6.07) is 2.18. The van der Waals surface area contributed by atoms with Crippen LogP contribution in [0.5, 0.6) is 0 Å². The SMILES string of the molecule is Cc1cc(CN2CCCOCC2)oc1CNCC(C)C. The number of aryl methyl sites for hydroxylation is 1. The Morgan fingerprint density at radius 2 is 2.15 bits per heavy atom. The molecule has 1 fully saturated rings. The number of rotatable bonds is 6. The molecule has 0 aromatic carbocycles. The summed E-state index contributed by atoms with van der Waals surface area (Å²) in [5, 5.41) is 3.44. The Morgan fingerprint density at radius 1 is 1.30 bits per heavy atom. The van der Waals surface area contributed by atoms with Gasteiger partial charge in [-0.15, -0.1) is 0 Å². The van der Waals surface area contributed by atoms with Crippen LogP contribution in [0.2, 0.25) is 0 Å². The number of nitrogens with one attached hydrogen (secondary N) is 1. The maximum absolute atomic E-state index is 5.99. The first kappa shape index (κ1) is 15.5. The van der Waals surface area contributed by atoms with E-state index in [0.29, 0.717) is 5.92 Å². The van der Waals surface area contributed by atoms with E-state index in [1.165, 1.54) is 5.56 Å². The Morgan fingerprint density at radius 3 is 2.95 bits per heavy atom. The predicted molar refractivity (Wildman–Crippen MR) is 80.7 cm³/mol. The number of hydrogen-bond donors (Lipinski definition) is 1. The average molecular weight is 280 g/mol. The van der Waals surface area contributed by atoms with Crippen LogP contribution in [0.3, 0.4) is 0 Å². The van der Waals surface area contributed by atoms with E-state index in [1.54, 1.807) is 0 Å². The Hall–Kier alpha value is -0.840. The van der Waals surface area contributed by atoms with Gasteiger partial charge in [-0.1, -0.05) is 13.8 Å². The maximum Gasteiger partial charge on any atom is 0.120 e. The quantitative estimate of drug-likeness (QED) is 0.869. The van der Waals surface area contributed by atoms with Crippen molar-refractivity contribution in [1.29, 1.82) is 0 Å². The van der Waals surface area contributed by atoms with Gasteiger partial charge in [-0.3, -0.25) is 4.90 Å². The Labute approximate surface area is 122 Å². The minimum absolute atomic E-state index is 0.668. The Bertz CT molecular complexity index is 393. The molecule has 1 aliphatic rings. The molecule has 0 atom stereocenters. The molecule has 1 aromatic heterocycles. The highest BCUT2D eigenvalue weighted by atomic mass is 16.5. The van der Waals surface area contributed by atoms with Gasteiger partial charge in [0.2, 0.25) is 0 Å². The van der Waals surface area contributed by atoms with Crippen LogP contribution in [0.25, 0.3) is 0 Å². The van der Waals surface area contributed by atoms with E-state index in [0.717, 1.165) is 63.9 Å². The second-order valence-electron chi connectivity index (χ2n) is 6.09. The molecule has 2 heterocycles. The number of ether oxygens (including phenoxy) is 1. The fourth-order valence-electron chi connectivity index (χ4n) is 2.49. The van der Waals surface area contributed by atoms with E-state index in [4.69, 9.17) is 9.15 Å². The number of furan rings is 1. The van der Waals surface area contributed by atoms with Gasteiger partial charge in [0.1, 0.15) is 11.5 Å². The lowest BCUT2D eigenvalue weighted by atomic mass is 10.2. The smallest absolute Gasteiger partial charge is 0.120 e. The number of hydrogen-bond acceptors (Lipinski definition) is 4. The topological polar surface area (TPSA) is 37.6 Å². The third kappa shape index (κ3) is 4.93. The molecular weight excluding hydrogens is 252 g/mol. The summed E-state index contributed by atoms with van der Waals surface area (Å²) in [5.74, 6) is 2.82. The van der Waals surface area contributed by atoms with E-state index in [9.17, 15) is 0 Å². The Kier molecular flexibility index (Phi) is 6.07. The molecule has 0 aliphatic carbocycles. The van der Waals surface area contributed by atoms with Gasteiger partial charge in [0, 0.05) is 19.7 Å². The summed E-state index contributed by atoms with van der Waals surface area (Å²) in [5.41, 5.74) is 1.25. The molecule has 1 saturated heterocycles. The van der Waals surface area contributed by atoms with Crippen LogP contribution in [-0.2, 0) is 17.8 Å². The lowest BCUT2D eigenvalue weighted by Crippen LogP contribution is -2.25. The summed E-state index contributed by atoms with van der Waals surface area (Å²) in [6.45, 7) is 13.1. The molecule has 0 unspecified atom stereocenters. The highest BCUT2D eigenvalue weighted by Gasteiger charge is 2.13. The first-order valence-corrected chi connectivity index (χ1v) is 7.74. The molecular formula is C16H28N2O2. The van der Waals surface area contributed by atoms with Crippen molar-refractivity contribution in [2.45, 2.75) is 40.3 Å². The highest BCUT2D eigenvalue weighted by Crippen LogP contribution is 2.17. The molecule has 4 heteroatoms. The first-order valence-electron chi connectivity index (χ1n) is 7.74. The van der Waals surface area contributed by atoms with Crippen molar-refractivity contribution >= 4 is 0 Å². The van der Waals surface area contributed by atoms with E-state index in [2.05, 4.69) is 37.1 Å². The zero-order valence-electron chi connectivity index (χ0n) is 13.1. The van der Waals surface area contributed by atoms with Crippen molar-refractivity contribution < 1.29 is 9.15 Å². The van der Waals surface area contributed by atoms with Crippen molar-refractivity contribution in [1.82, 2.24) is 10.2 Å². The van der Waals surface area contributed by atoms with Gasteiger partial charge in [0.05, 0.1) is 19.7 Å². The van der Waals surface area contributed by atoms with Crippen LogP contribution in [0.15, 0.2) is 10.5 Å². The van der Waals surface area contributed by atoms with Gasteiger partial charge in [0.25, 0.3) is 0 Å². The second kappa shape index (κ2) is 7.81. The zero-order chi connectivity index (χ0) is 14.4. The minimum Gasteiger partial charge on any atom is -0.463 e. The van der Waals surface area contributed by atoms with Gasteiger partial charge >= 0.3 is 0 Å². The third-order valence-electron chi connectivity index (χ3n) is 3.60. The van der Waals surface area contributed by atoms with Crippen molar-refractivity contribution in [2.75, 3.05) is 32.8 Å². The molecule has 0 amide bonds. The van der Waals surface area contributed by atoms with Crippen molar-refractivity contribution in [3.05, 3.63) is 23.2 Å². The molecule has 2 rings (SSSR count). The van der Waals surface area contributed by atoms with Crippen molar-refractivity contribution in [2.24, 2.45) is 5.92 Å². The lowest BCUT2D eigenvalue weighted by Gasteiger charge is -2.17. The Balaban J connectivity index is 1.85. The monoisotopic (exact) mass is 280 g/mol. The van der Waals surface area contributed by atoms with Gasteiger partial charge in [-0.25, -0.2) is 0 Å². The molecule has 20 heavy (non-hydrogen) atoms. The molecule has 0 saturated carbocycles. The number of nitrogens with zero attached hydrogens (tertiary/aromatic N) is 1. The van der Waals surface area contributed by atoms with Crippen molar-refractivity contribution in [3.8, 4) is 0 Å². The first-order chi connectivity index (χ1) is 9.65. The summed E-state index contributed by atoms with van der Waals surface area (Å²) in [4.78, 5) is 2.41. The summed E-state index contributed by atoms with van der Waals surface area (Å²) in [6.07, 6.45) is 1.11. The lowest BCUT2D eigenvalue weighted by molar-refractivity contribution is 0.139. The second-order valence-corrected chi connectivity index (χ2v) is 6.09. The van der Waals surface area contributed by atoms with Gasteiger partial charge in [-0.05, 0) is 37.4 Å². The van der Waals surface area contributed by atoms with Crippen LogP contribution < -0.4 is 5.32 Å². The summed E-state index contributed by atoms with van der Waals surface area (Å²) < 4.78 is 11.5. The maximum atomic E-state index is 5.99. The van der Waals surface area contributed by atoms with Crippen LogP contribution in [0, 0.1) is 12.8 Å².